The van der Waals surface area contributed by atoms with E-state index in [1.165, 1.54) is 10.4 Å². The number of amidine groups is 1. The van der Waals surface area contributed by atoms with Crippen LogP contribution < -0.4 is 10.6 Å². The van der Waals surface area contributed by atoms with E-state index in [0.717, 1.165) is 11.1 Å². The molecule has 0 saturated heterocycles. The van der Waals surface area contributed by atoms with Gasteiger partial charge in [0.15, 0.2) is 0 Å². The zero-order valence-electron chi connectivity index (χ0n) is 20.8. The van der Waals surface area contributed by atoms with Crippen LogP contribution in [0.1, 0.15) is 49.3 Å². The number of carbonyl (C=O) groups excluding carboxylic acids is 2. The molecule has 3 N–H and O–H groups in total. The highest BCUT2D eigenvalue weighted by Gasteiger charge is 2.23. The van der Waals surface area contributed by atoms with Crippen LogP contribution in [0.25, 0.3) is 0 Å². The number of hydrogen-bond acceptors (Lipinski definition) is 6. The molecule has 0 atom stereocenters. The van der Waals surface area contributed by atoms with Gasteiger partial charge in [-0.2, -0.15) is 0 Å². The number of sulfonamides is 1. The third-order valence-corrected chi connectivity index (χ3v) is 7.87. The topological polar surface area (TPSA) is 128 Å². The Balaban J connectivity index is 1.66. The van der Waals surface area contributed by atoms with Crippen molar-refractivity contribution in [3.05, 3.63) is 59.2 Å². The number of nitrogens with zero attached hydrogens (tertiary/aromatic N) is 2. The summed E-state index contributed by atoms with van der Waals surface area (Å²) < 4.78 is 27.8. The zero-order chi connectivity index (χ0) is 26.1. The molecule has 0 spiro atoms. The highest BCUT2D eigenvalue weighted by Crippen LogP contribution is 2.18. The zero-order valence-corrected chi connectivity index (χ0v) is 21.6. The van der Waals surface area contributed by atoms with Crippen LogP contribution in [0.3, 0.4) is 0 Å². The Morgan fingerprint density at radius 2 is 1.94 bits per heavy atom. The molecular weight excluding hydrogens is 480 g/mol. The monoisotopic (exact) mass is 514 g/mol. The van der Waals surface area contributed by atoms with Gasteiger partial charge in [0, 0.05) is 43.7 Å². The van der Waals surface area contributed by atoms with E-state index >= 15 is 0 Å². The largest absolute Gasteiger partial charge is 0.508 e. The van der Waals surface area contributed by atoms with Gasteiger partial charge in [0.05, 0.1) is 5.75 Å². The van der Waals surface area contributed by atoms with Crippen molar-refractivity contribution >= 4 is 33.4 Å². The van der Waals surface area contributed by atoms with Crippen molar-refractivity contribution < 1.29 is 23.1 Å². The normalized spacial score (nSPS) is 15.9. The minimum absolute atomic E-state index is 0.0431. The lowest BCUT2D eigenvalue weighted by Gasteiger charge is -2.22. The number of phenolic OH excluding ortho intramolecular Hbond substituents is 1. The van der Waals surface area contributed by atoms with Crippen molar-refractivity contribution in [2.24, 2.45) is 4.99 Å². The number of aliphatic imine (C=N–C) groups is 1. The van der Waals surface area contributed by atoms with E-state index in [1.54, 1.807) is 31.2 Å². The summed E-state index contributed by atoms with van der Waals surface area (Å²) in [4.78, 5) is 28.5. The van der Waals surface area contributed by atoms with Gasteiger partial charge in [-0.3, -0.25) is 14.6 Å². The van der Waals surface area contributed by atoms with E-state index in [-0.39, 0.29) is 36.3 Å². The fourth-order valence-electron chi connectivity index (χ4n) is 3.97. The smallest absolute Gasteiger partial charge is 0.225 e. The summed E-state index contributed by atoms with van der Waals surface area (Å²) in [7, 11) is -3.55. The van der Waals surface area contributed by atoms with Crippen LogP contribution in [0, 0.1) is 6.92 Å². The second-order valence-corrected chi connectivity index (χ2v) is 10.9. The maximum Gasteiger partial charge on any atom is 0.225 e. The number of aryl methyl sites for hydroxylation is 2. The third-order valence-electron chi connectivity index (χ3n) is 5.99. The lowest BCUT2D eigenvalue weighted by Crippen LogP contribution is -2.36. The van der Waals surface area contributed by atoms with Gasteiger partial charge in [0.1, 0.15) is 11.6 Å². The minimum atomic E-state index is -3.55. The number of benzene rings is 2. The standard InChI is InChI=1S/C26H34N4O5S/c1-3-24(32)28-22-11-10-20(19(2)17-22)12-16-36(34,35)30-14-5-9-25(33)29-26(27-13-6-15-30)21-7-4-8-23(31)18-21/h4,7-8,10-11,17-18,31H,3,5-6,9,12-16H2,1-2H3,(H,28,32)(H,27,29,33). The number of aromatic hydroxyl groups is 1. The lowest BCUT2D eigenvalue weighted by molar-refractivity contribution is -0.120. The molecule has 0 unspecified atom stereocenters. The van der Waals surface area contributed by atoms with Gasteiger partial charge in [-0.1, -0.05) is 25.1 Å². The first-order valence-corrected chi connectivity index (χ1v) is 13.8. The van der Waals surface area contributed by atoms with E-state index in [0.29, 0.717) is 55.9 Å². The molecule has 0 aromatic heterocycles. The molecule has 2 aromatic rings. The van der Waals surface area contributed by atoms with Crippen LogP contribution in [-0.2, 0) is 26.0 Å². The molecule has 2 amide bonds. The molecule has 3 rings (SSSR count). The SMILES string of the molecule is CCC(=O)Nc1ccc(CCS(=O)(=O)N2CCCN=C(c3cccc(O)c3)NC(=O)CCC2)c(C)c1. The first-order valence-electron chi connectivity index (χ1n) is 12.2. The van der Waals surface area contributed by atoms with Crippen LogP contribution >= 0.6 is 0 Å². The third kappa shape index (κ3) is 7.89. The summed E-state index contributed by atoms with van der Waals surface area (Å²) in [5.41, 5.74) is 3.12. The molecule has 2 aromatic carbocycles. The van der Waals surface area contributed by atoms with Crippen LogP contribution in [0.4, 0.5) is 5.69 Å². The number of amides is 2. The molecule has 194 valence electrons. The first-order chi connectivity index (χ1) is 17.2. The van der Waals surface area contributed by atoms with Crippen LogP contribution in [0.15, 0.2) is 47.5 Å². The number of hydrogen-bond donors (Lipinski definition) is 3. The van der Waals surface area contributed by atoms with Crippen molar-refractivity contribution in [2.75, 3.05) is 30.7 Å². The van der Waals surface area contributed by atoms with Gasteiger partial charge < -0.3 is 15.7 Å². The molecule has 0 aliphatic carbocycles. The molecule has 0 bridgehead atoms. The molecule has 9 nitrogen and oxygen atoms in total. The Hall–Kier alpha value is -3.24. The average molecular weight is 515 g/mol. The summed E-state index contributed by atoms with van der Waals surface area (Å²) in [6.45, 7) is 4.59. The second kappa shape index (κ2) is 12.6. The predicted octanol–water partition coefficient (Wildman–Crippen LogP) is 2.97. The molecule has 0 saturated carbocycles. The van der Waals surface area contributed by atoms with Crippen molar-refractivity contribution in [2.45, 2.75) is 46.0 Å². The lowest BCUT2D eigenvalue weighted by atomic mass is 10.1. The van der Waals surface area contributed by atoms with Crippen molar-refractivity contribution in [1.82, 2.24) is 9.62 Å². The fourth-order valence-corrected chi connectivity index (χ4v) is 5.52. The predicted molar refractivity (Wildman–Crippen MR) is 141 cm³/mol. The highest BCUT2D eigenvalue weighted by atomic mass is 32.2. The summed E-state index contributed by atoms with van der Waals surface area (Å²) in [5, 5.41) is 15.4. The Morgan fingerprint density at radius 3 is 2.67 bits per heavy atom. The molecule has 10 heteroatoms. The molecule has 0 fully saturated rings. The number of anilines is 1. The van der Waals surface area contributed by atoms with E-state index in [4.69, 9.17) is 0 Å². The van der Waals surface area contributed by atoms with Gasteiger partial charge in [0.25, 0.3) is 0 Å². The van der Waals surface area contributed by atoms with Crippen molar-refractivity contribution in [3.8, 4) is 5.75 Å². The van der Waals surface area contributed by atoms with Crippen LogP contribution in [0.5, 0.6) is 5.75 Å². The van der Waals surface area contributed by atoms with E-state index in [9.17, 15) is 23.1 Å². The van der Waals surface area contributed by atoms with Crippen molar-refractivity contribution in [3.63, 3.8) is 0 Å². The number of carbonyl (C=O) groups is 2. The second-order valence-electron chi connectivity index (χ2n) is 8.79. The van der Waals surface area contributed by atoms with E-state index < -0.39 is 10.0 Å². The summed E-state index contributed by atoms with van der Waals surface area (Å²) >= 11 is 0. The minimum Gasteiger partial charge on any atom is -0.508 e. The first kappa shape index (κ1) is 27.3. The molecular formula is C26H34N4O5S. The maximum atomic E-state index is 13.2. The molecule has 1 aliphatic rings. The summed E-state index contributed by atoms with van der Waals surface area (Å²) in [6.07, 6.45) is 1.80. The summed E-state index contributed by atoms with van der Waals surface area (Å²) in [5.74, 6) is 0.0879. The molecule has 1 aliphatic heterocycles. The Morgan fingerprint density at radius 1 is 1.17 bits per heavy atom. The van der Waals surface area contributed by atoms with E-state index in [1.807, 2.05) is 19.1 Å². The van der Waals surface area contributed by atoms with Gasteiger partial charge in [-0.15, -0.1) is 0 Å². The maximum absolute atomic E-state index is 13.2. The molecule has 1 heterocycles. The Labute approximate surface area is 212 Å². The quantitative estimate of drug-likeness (QED) is 0.523. The van der Waals surface area contributed by atoms with Gasteiger partial charge in [0.2, 0.25) is 21.8 Å². The van der Waals surface area contributed by atoms with Gasteiger partial charge in [-0.25, -0.2) is 12.7 Å². The van der Waals surface area contributed by atoms with Crippen molar-refractivity contribution in [1.29, 1.82) is 0 Å². The highest BCUT2D eigenvalue weighted by molar-refractivity contribution is 7.89. The van der Waals surface area contributed by atoms with Crippen LogP contribution in [0.2, 0.25) is 0 Å². The summed E-state index contributed by atoms with van der Waals surface area (Å²) in [6, 6.07) is 12.0. The number of nitrogens with one attached hydrogen (secondary N) is 2. The Bertz CT molecular complexity index is 1230. The molecule has 36 heavy (non-hydrogen) atoms. The fraction of sp³-hybridized carbons (Fsp3) is 0.423. The Kier molecular flexibility index (Phi) is 9.60. The van der Waals surface area contributed by atoms with Crippen LogP contribution in [-0.4, -0.2) is 60.9 Å². The average Bonchev–Trinajstić information content (AvgIpc) is 2.88. The van der Waals surface area contributed by atoms with E-state index in [2.05, 4.69) is 15.6 Å². The molecule has 0 radical (unpaired) electrons. The number of phenols is 1. The van der Waals surface area contributed by atoms with Gasteiger partial charge >= 0.3 is 0 Å². The van der Waals surface area contributed by atoms with Gasteiger partial charge in [-0.05, 0) is 61.6 Å². The number of rotatable bonds is 7.